The zero-order valence-corrected chi connectivity index (χ0v) is 3.57. The largest absolute Gasteiger partial charge is 0.474 e. The van der Waals surface area contributed by atoms with Gasteiger partial charge in [-0.25, -0.2) is 4.79 Å². The van der Waals surface area contributed by atoms with Crippen molar-refractivity contribution >= 4 is 5.97 Å². The first-order chi connectivity index (χ1) is 3.55. The van der Waals surface area contributed by atoms with Crippen LogP contribution in [0.3, 0.4) is 0 Å². The third-order valence-corrected chi connectivity index (χ3v) is 0.389. The van der Waals surface area contributed by atoms with Gasteiger partial charge in [0.25, 0.3) is 0 Å². The fourth-order valence-electron chi connectivity index (χ4n) is 0.0902. The second-order valence-corrected chi connectivity index (χ2v) is 0.959. The lowest BCUT2D eigenvalue weighted by atomic mass is 10.6. The molecule has 8 heavy (non-hydrogen) atoms. The molecule has 5 nitrogen and oxygen atoms in total. The van der Waals surface area contributed by atoms with Crippen LogP contribution in [0.5, 0.6) is 0 Å². The summed E-state index contributed by atoms with van der Waals surface area (Å²) in [5.74, 6) is -2.07. The minimum absolute atomic E-state index is 1.53. The zero-order valence-electron chi connectivity index (χ0n) is 3.57. The van der Waals surface area contributed by atoms with Gasteiger partial charge in [-0.1, -0.05) is 0 Å². The fraction of sp³-hybridized carbons (Fsp3) is 0.500. The van der Waals surface area contributed by atoms with Crippen LogP contribution >= 0.6 is 0 Å². The summed E-state index contributed by atoms with van der Waals surface area (Å²) in [5, 5.41) is 16.7. The van der Waals surface area contributed by atoms with E-state index in [2.05, 4.69) is 0 Å². The van der Waals surface area contributed by atoms with Gasteiger partial charge in [-0.3, -0.25) is 10.1 Å². The Balaban J connectivity index is 3.83. The lowest BCUT2D eigenvalue weighted by Crippen LogP contribution is -2.23. The van der Waals surface area contributed by atoms with E-state index in [1.165, 1.54) is 0 Å². The highest BCUT2D eigenvalue weighted by Crippen LogP contribution is 1.88. The molecule has 1 atom stereocenters. The van der Waals surface area contributed by atoms with E-state index < -0.39 is 17.2 Å². The highest BCUT2D eigenvalue weighted by Gasteiger charge is 2.27. The first kappa shape index (κ1) is 6.80. The van der Waals surface area contributed by atoms with Crippen LogP contribution in [0, 0.1) is 10.1 Å². The van der Waals surface area contributed by atoms with Gasteiger partial charge >= 0.3 is 12.3 Å². The Hall–Kier alpha value is -1.20. The molecule has 0 rings (SSSR count). The number of halogens is 1. The van der Waals surface area contributed by atoms with Crippen molar-refractivity contribution in [2.75, 3.05) is 0 Å². The van der Waals surface area contributed by atoms with Gasteiger partial charge in [0.05, 0.1) is 4.92 Å². The number of aliphatic carboxylic acids is 1. The smallest absolute Gasteiger partial charge is 0.445 e. The van der Waals surface area contributed by atoms with Crippen molar-refractivity contribution in [3.05, 3.63) is 10.1 Å². The van der Waals surface area contributed by atoms with E-state index in [1.807, 2.05) is 0 Å². The van der Waals surface area contributed by atoms with Crippen LogP contribution in [0.4, 0.5) is 4.39 Å². The van der Waals surface area contributed by atoms with Gasteiger partial charge < -0.3 is 5.11 Å². The molecule has 0 aromatic rings. The second kappa shape index (κ2) is 2.20. The average Bonchev–Trinajstić information content (AvgIpc) is 1.64. The van der Waals surface area contributed by atoms with Crippen molar-refractivity contribution in [3.63, 3.8) is 0 Å². The zero-order chi connectivity index (χ0) is 6.73. The van der Waals surface area contributed by atoms with E-state index in [4.69, 9.17) is 5.11 Å². The molecule has 0 saturated carbocycles. The molecule has 0 aliphatic heterocycles. The Labute approximate surface area is 42.9 Å². The van der Waals surface area contributed by atoms with E-state index in [9.17, 15) is 19.3 Å². The number of carboxylic acid groups (broad SMARTS) is 1. The van der Waals surface area contributed by atoms with Crippen LogP contribution in [0.1, 0.15) is 0 Å². The third kappa shape index (κ3) is 1.50. The summed E-state index contributed by atoms with van der Waals surface area (Å²) in [6, 6.07) is 0. The third-order valence-electron chi connectivity index (χ3n) is 0.389. The number of hydrogen-bond acceptors (Lipinski definition) is 3. The molecule has 0 radical (unpaired) electrons. The number of nitro groups is 1. The van der Waals surface area contributed by atoms with Crippen LogP contribution in [0.25, 0.3) is 0 Å². The maximum absolute atomic E-state index is 11.3. The predicted octanol–water partition coefficient (Wildman–Crippen LogP) is -0.357. The lowest BCUT2D eigenvalue weighted by molar-refractivity contribution is -0.539. The van der Waals surface area contributed by atoms with Crippen LogP contribution in [0.2, 0.25) is 0 Å². The van der Waals surface area contributed by atoms with Gasteiger partial charge in [0, 0.05) is 0 Å². The molecule has 0 bridgehead atoms. The van der Waals surface area contributed by atoms with E-state index in [-0.39, 0.29) is 0 Å². The highest BCUT2D eigenvalue weighted by molar-refractivity contribution is 5.70. The fourth-order valence-corrected chi connectivity index (χ4v) is 0.0902. The second-order valence-electron chi connectivity index (χ2n) is 0.959. The van der Waals surface area contributed by atoms with E-state index in [1.54, 1.807) is 0 Å². The average molecular weight is 123 g/mol. The lowest BCUT2D eigenvalue weighted by Gasteiger charge is -1.88. The molecule has 0 aromatic heterocycles. The van der Waals surface area contributed by atoms with E-state index >= 15 is 0 Å². The topological polar surface area (TPSA) is 80.4 Å². The summed E-state index contributed by atoms with van der Waals surface area (Å²) in [6.07, 6.45) is -2.99. The van der Waals surface area contributed by atoms with Gasteiger partial charge in [-0.15, -0.1) is 0 Å². The molecule has 0 saturated heterocycles. The van der Waals surface area contributed by atoms with Gasteiger partial charge in [0.15, 0.2) is 0 Å². The summed E-state index contributed by atoms with van der Waals surface area (Å²) in [4.78, 5) is 17.0. The van der Waals surface area contributed by atoms with E-state index in [0.717, 1.165) is 0 Å². The van der Waals surface area contributed by atoms with Crippen LogP contribution < -0.4 is 0 Å². The number of nitrogens with zero attached hydrogens (tertiary/aromatic N) is 1. The first-order valence-electron chi connectivity index (χ1n) is 1.56. The summed E-state index contributed by atoms with van der Waals surface area (Å²) in [7, 11) is 0. The van der Waals surface area contributed by atoms with Gasteiger partial charge in [-0.05, 0) is 0 Å². The summed E-state index contributed by atoms with van der Waals surface area (Å²) < 4.78 is 11.3. The minimum Gasteiger partial charge on any atom is -0.474 e. The maximum atomic E-state index is 11.3. The van der Waals surface area contributed by atoms with Crippen LogP contribution in [-0.4, -0.2) is 22.3 Å². The molecule has 1 unspecified atom stereocenters. The molecule has 0 heterocycles. The normalized spacial score (nSPS) is 12.6. The summed E-state index contributed by atoms with van der Waals surface area (Å²) in [6.45, 7) is 0. The Bertz CT molecular complexity index is 109. The van der Waals surface area contributed by atoms with Crippen molar-refractivity contribution < 1.29 is 19.2 Å². The summed E-state index contributed by atoms with van der Waals surface area (Å²) >= 11 is 0. The predicted molar refractivity (Wildman–Crippen MR) is 19.5 cm³/mol. The molecule has 6 heteroatoms. The standard InChI is InChI=1S/C2H2FNO4/c3-1(2(5)6)4(7)8/h1H,(H,5,6). The van der Waals surface area contributed by atoms with Crippen LogP contribution in [-0.2, 0) is 4.79 Å². The van der Waals surface area contributed by atoms with Crippen molar-refractivity contribution in [1.29, 1.82) is 0 Å². The van der Waals surface area contributed by atoms with Gasteiger partial charge in [0.2, 0.25) is 0 Å². The number of carboxylic acids is 1. The van der Waals surface area contributed by atoms with Crippen LogP contribution in [0.15, 0.2) is 0 Å². The molecular formula is C2H2FNO4. The molecule has 0 aliphatic carbocycles. The Morgan fingerprint density at radius 2 is 2.25 bits per heavy atom. The Morgan fingerprint density at radius 3 is 2.25 bits per heavy atom. The van der Waals surface area contributed by atoms with Crippen molar-refractivity contribution in [2.45, 2.75) is 6.30 Å². The molecule has 0 fully saturated rings. The van der Waals surface area contributed by atoms with Crippen molar-refractivity contribution in [3.8, 4) is 0 Å². The monoisotopic (exact) mass is 123 g/mol. The quantitative estimate of drug-likeness (QED) is 0.309. The number of rotatable bonds is 2. The molecular weight excluding hydrogens is 121 g/mol. The maximum Gasteiger partial charge on any atom is 0.445 e. The van der Waals surface area contributed by atoms with Gasteiger partial charge in [-0.2, -0.15) is 4.39 Å². The van der Waals surface area contributed by atoms with E-state index in [0.29, 0.717) is 0 Å². The molecule has 0 amide bonds. The molecule has 0 aromatic carbocycles. The molecule has 0 spiro atoms. The van der Waals surface area contributed by atoms with Gasteiger partial charge in [0.1, 0.15) is 0 Å². The number of hydrogen-bond donors (Lipinski definition) is 1. The number of carbonyl (C=O) groups is 1. The van der Waals surface area contributed by atoms with Crippen molar-refractivity contribution in [2.24, 2.45) is 0 Å². The Morgan fingerprint density at radius 1 is 1.88 bits per heavy atom. The number of alkyl halides is 1. The molecule has 46 valence electrons. The van der Waals surface area contributed by atoms with Crippen molar-refractivity contribution in [1.82, 2.24) is 0 Å². The first-order valence-corrected chi connectivity index (χ1v) is 1.56. The molecule has 1 N–H and O–H groups in total. The molecule has 0 aliphatic rings. The minimum atomic E-state index is -2.99. The highest BCUT2D eigenvalue weighted by atomic mass is 19.1. The Kier molecular flexibility index (Phi) is 1.87. The summed E-state index contributed by atoms with van der Waals surface area (Å²) in [5.41, 5.74) is 0. The SMILES string of the molecule is O=C(O)C(F)[N+](=O)[O-].